The number of anilines is 1. The standard InChI is InChI=1S/C19H16F5NO3/c1-17(14-9-12(21)6-7-15(14)28-17)10-18(26,19(22,23)24)16(27-2)25-13-5-3-4-11(20)8-13/h5-9,16,25-26H,10H2,1-2H3. The largest absolute Gasteiger partial charge is 0.482 e. The minimum atomic E-state index is -5.15. The summed E-state index contributed by atoms with van der Waals surface area (Å²) in [5, 5.41) is 12.9. The molecule has 0 saturated carbocycles. The van der Waals surface area contributed by atoms with Crippen LogP contribution < -0.4 is 10.1 Å². The van der Waals surface area contributed by atoms with Crippen LogP contribution in [0.25, 0.3) is 0 Å². The van der Waals surface area contributed by atoms with Gasteiger partial charge in [0.1, 0.15) is 17.2 Å². The van der Waals surface area contributed by atoms with Crippen molar-refractivity contribution < 1.29 is 36.5 Å². The van der Waals surface area contributed by atoms with Crippen molar-refractivity contribution in [1.82, 2.24) is 0 Å². The molecule has 0 aliphatic carbocycles. The molecule has 0 bridgehead atoms. The highest BCUT2D eigenvalue weighted by Gasteiger charge is 2.64. The minimum absolute atomic E-state index is 0.100. The molecule has 3 unspecified atom stereocenters. The van der Waals surface area contributed by atoms with Gasteiger partial charge in [0.25, 0.3) is 0 Å². The molecule has 1 aliphatic heterocycles. The van der Waals surface area contributed by atoms with Crippen LogP contribution in [0.4, 0.5) is 27.6 Å². The molecule has 3 rings (SSSR count). The maximum atomic E-state index is 13.9. The smallest absolute Gasteiger partial charge is 0.421 e. The van der Waals surface area contributed by atoms with Crippen LogP contribution in [0.1, 0.15) is 18.9 Å². The van der Waals surface area contributed by atoms with E-state index in [0.29, 0.717) is 0 Å². The Bertz CT molecular complexity index is 875. The van der Waals surface area contributed by atoms with Gasteiger partial charge in [-0.1, -0.05) is 6.07 Å². The molecule has 0 amide bonds. The number of ether oxygens (including phenoxy) is 2. The fraction of sp³-hybridized carbons (Fsp3) is 0.368. The third kappa shape index (κ3) is 3.45. The molecule has 9 heteroatoms. The Hall–Kier alpha value is -2.57. The van der Waals surface area contributed by atoms with E-state index in [4.69, 9.17) is 9.47 Å². The molecule has 3 atom stereocenters. The molecule has 0 saturated heterocycles. The fourth-order valence-electron chi connectivity index (χ4n) is 3.25. The second kappa shape index (κ2) is 6.79. The quantitative estimate of drug-likeness (QED) is 0.569. The number of aliphatic hydroxyl groups is 1. The molecule has 28 heavy (non-hydrogen) atoms. The molecule has 2 N–H and O–H groups in total. The van der Waals surface area contributed by atoms with Crippen molar-refractivity contribution in [1.29, 1.82) is 0 Å². The van der Waals surface area contributed by atoms with Crippen molar-refractivity contribution in [3.8, 4) is 5.75 Å². The Morgan fingerprint density at radius 1 is 1.29 bits per heavy atom. The van der Waals surface area contributed by atoms with E-state index in [0.717, 1.165) is 31.4 Å². The predicted octanol–water partition coefficient (Wildman–Crippen LogP) is 3.94. The summed E-state index contributed by atoms with van der Waals surface area (Å²) >= 11 is 0. The Morgan fingerprint density at radius 3 is 2.61 bits per heavy atom. The lowest BCUT2D eigenvalue weighted by atomic mass is 9.78. The summed E-state index contributed by atoms with van der Waals surface area (Å²) in [6, 6.07) is 9.88. The van der Waals surface area contributed by atoms with E-state index in [1.807, 2.05) is 0 Å². The lowest BCUT2D eigenvalue weighted by molar-refractivity contribution is -0.304. The molecule has 0 spiro atoms. The van der Waals surface area contributed by atoms with Crippen molar-refractivity contribution in [3.63, 3.8) is 0 Å². The maximum absolute atomic E-state index is 13.9. The van der Waals surface area contributed by atoms with Crippen LogP contribution in [0.15, 0.2) is 30.3 Å². The third-order valence-electron chi connectivity index (χ3n) is 4.61. The Balaban J connectivity index is 1.94. The van der Waals surface area contributed by atoms with Gasteiger partial charge in [-0.15, -0.1) is 0 Å². The summed E-state index contributed by atoms with van der Waals surface area (Å²) in [7, 11) is 0.959. The van der Waals surface area contributed by atoms with Gasteiger partial charge >= 0.3 is 6.18 Å². The van der Waals surface area contributed by atoms with Crippen molar-refractivity contribution in [2.75, 3.05) is 12.4 Å². The van der Waals surface area contributed by atoms with Gasteiger partial charge in [0.05, 0.1) is 0 Å². The topological polar surface area (TPSA) is 50.7 Å². The number of fused-ring (bicyclic) bond motifs is 1. The first-order chi connectivity index (χ1) is 13.0. The number of alkyl halides is 3. The third-order valence-corrected chi connectivity index (χ3v) is 4.61. The van der Waals surface area contributed by atoms with Crippen molar-refractivity contribution in [3.05, 3.63) is 59.7 Å². The normalized spacial score (nSPS) is 21.4. The highest BCUT2D eigenvalue weighted by Crippen LogP contribution is 2.52. The number of halogens is 5. The summed E-state index contributed by atoms with van der Waals surface area (Å²) in [5.74, 6) is -1.27. The molecule has 0 radical (unpaired) electrons. The zero-order chi connectivity index (χ0) is 20.7. The molecule has 0 fully saturated rings. The summed E-state index contributed by atoms with van der Waals surface area (Å²) in [6.07, 6.45) is -8.16. The molecule has 0 aromatic heterocycles. The van der Waals surface area contributed by atoms with Crippen LogP contribution in [0.3, 0.4) is 0 Å². The number of nitrogens with one attached hydrogen (secondary N) is 1. The molecular formula is C19H16F5NO3. The predicted molar refractivity (Wildman–Crippen MR) is 88.5 cm³/mol. The van der Waals surface area contributed by atoms with E-state index < -0.39 is 41.7 Å². The first-order valence-electron chi connectivity index (χ1n) is 8.15. The SMILES string of the molecule is COC(Nc1cc#cc(F)c1)C(O)(CC1(C)Oc2ccc(F)cc21)C(F)(F)F. The number of rotatable bonds is 6. The highest BCUT2D eigenvalue weighted by molar-refractivity contribution is 5.47. The van der Waals surface area contributed by atoms with Crippen LogP contribution in [0.5, 0.6) is 5.75 Å². The monoisotopic (exact) mass is 401 g/mol. The van der Waals surface area contributed by atoms with Gasteiger partial charge in [0.15, 0.2) is 12.0 Å². The lowest BCUT2D eigenvalue weighted by Crippen LogP contribution is -2.62. The average Bonchev–Trinajstić information content (AvgIpc) is 2.60. The Labute approximate surface area is 157 Å². The Kier molecular flexibility index (Phi) is 4.89. The molecule has 1 aliphatic rings. The number of benzene rings is 1. The van der Waals surface area contributed by atoms with E-state index in [9.17, 15) is 27.1 Å². The first kappa shape index (κ1) is 20.2. The van der Waals surface area contributed by atoms with Gasteiger partial charge in [-0.3, -0.25) is 0 Å². The van der Waals surface area contributed by atoms with Crippen LogP contribution >= 0.6 is 0 Å². The minimum Gasteiger partial charge on any atom is -0.482 e. The molecule has 150 valence electrons. The molecule has 4 nitrogen and oxygen atoms in total. The molecular weight excluding hydrogens is 385 g/mol. The van der Waals surface area contributed by atoms with Gasteiger partial charge in [0, 0.05) is 36.9 Å². The van der Waals surface area contributed by atoms with Crippen molar-refractivity contribution in [2.45, 2.75) is 37.0 Å². The van der Waals surface area contributed by atoms with E-state index in [-0.39, 0.29) is 17.0 Å². The summed E-state index contributed by atoms with van der Waals surface area (Å²) < 4.78 is 78.7. The first-order valence-corrected chi connectivity index (χ1v) is 8.15. The lowest BCUT2D eigenvalue weighted by Gasteiger charge is -2.47. The number of hydrogen-bond donors (Lipinski definition) is 2. The summed E-state index contributed by atoms with van der Waals surface area (Å²) in [5.41, 5.74) is -4.96. The van der Waals surface area contributed by atoms with E-state index in [1.165, 1.54) is 13.0 Å². The molecule has 2 aromatic carbocycles. The van der Waals surface area contributed by atoms with E-state index in [2.05, 4.69) is 17.4 Å². The Morgan fingerprint density at radius 2 is 2.00 bits per heavy atom. The second-order valence-electron chi connectivity index (χ2n) is 6.69. The summed E-state index contributed by atoms with van der Waals surface area (Å²) in [6.45, 7) is 1.31. The van der Waals surface area contributed by atoms with Crippen LogP contribution in [0.2, 0.25) is 0 Å². The number of hydrogen-bond acceptors (Lipinski definition) is 4. The second-order valence-corrected chi connectivity index (χ2v) is 6.69. The maximum Gasteiger partial charge on any atom is 0.421 e. The van der Waals surface area contributed by atoms with E-state index >= 15 is 0 Å². The van der Waals surface area contributed by atoms with Gasteiger partial charge < -0.3 is 19.9 Å². The highest BCUT2D eigenvalue weighted by atomic mass is 19.4. The van der Waals surface area contributed by atoms with Gasteiger partial charge in [-0.2, -0.15) is 17.6 Å². The van der Waals surface area contributed by atoms with Gasteiger partial charge in [-0.05, 0) is 31.2 Å². The number of methoxy groups -OCH3 is 1. The van der Waals surface area contributed by atoms with Crippen LogP contribution in [-0.4, -0.2) is 30.2 Å². The zero-order valence-electron chi connectivity index (χ0n) is 14.8. The molecule has 2 aromatic rings. The summed E-state index contributed by atoms with van der Waals surface area (Å²) in [4.78, 5) is 0. The molecule has 1 heterocycles. The van der Waals surface area contributed by atoms with Crippen LogP contribution in [0, 0.1) is 23.8 Å². The van der Waals surface area contributed by atoms with Crippen LogP contribution in [-0.2, 0) is 10.3 Å². The fourth-order valence-corrected chi connectivity index (χ4v) is 3.25. The van der Waals surface area contributed by atoms with Crippen molar-refractivity contribution >= 4 is 5.69 Å². The average molecular weight is 401 g/mol. The van der Waals surface area contributed by atoms with Crippen molar-refractivity contribution in [2.24, 2.45) is 0 Å². The zero-order valence-corrected chi connectivity index (χ0v) is 14.8. The van der Waals surface area contributed by atoms with Gasteiger partial charge in [0.2, 0.25) is 5.60 Å². The van der Waals surface area contributed by atoms with Gasteiger partial charge in [-0.25, -0.2) is 4.39 Å². The van der Waals surface area contributed by atoms with E-state index in [1.54, 1.807) is 0 Å².